The van der Waals surface area contributed by atoms with Crippen molar-refractivity contribution in [3.8, 4) is 11.8 Å². The van der Waals surface area contributed by atoms with Crippen LogP contribution in [0, 0.1) is 11.8 Å². The number of furan rings is 1. The number of nitrogens with zero attached hydrogens (tertiary/aromatic N) is 1. The smallest absolute Gasteiger partial charge is 0.117 e. The Bertz CT molecular complexity index is 579. The molecule has 1 heterocycles. The maximum absolute atomic E-state index is 8.78. The molecule has 0 saturated heterocycles. The zero-order chi connectivity index (χ0) is 14.2. The second kappa shape index (κ2) is 7.54. The summed E-state index contributed by atoms with van der Waals surface area (Å²) in [7, 11) is 2.06. The van der Waals surface area contributed by atoms with Crippen molar-refractivity contribution < 1.29 is 9.52 Å². The van der Waals surface area contributed by atoms with E-state index in [1.807, 2.05) is 30.3 Å². The van der Waals surface area contributed by atoms with E-state index in [2.05, 4.69) is 29.9 Å². The normalized spacial score (nSPS) is 10.3. The number of aliphatic hydroxyl groups excluding tert-OH is 1. The molecule has 104 valence electrons. The summed E-state index contributed by atoms with van der Waals surface area (Å²) in [5.74, 6) is 7.05. The molecule has 0 fully saturated rings. The highest BCUT2D eigenvalue weighted by Gasteiger charge is 2.06. The number of hydrogen-bond donors (Lipinski definition) is 1. The molecule has 0 bridgehead atoms. The molecule has 3 nitrogen and oxygen atoms in total. The van der Waals surface area contributed by atoms with E-state index in [-0.39, 0.29) is 6.61 Å². The predicted octanol–water partition coefficient (Wildman–Crippen LogP) is 2.65. The van der Waals surface area contributed by atoms with Gasteiger partial charge in [-0.3, -0.25) is 4.90 Å². The summed E-state index contributed by atoms with van der Waals surface area (Å²) in [5, 5.41) is 8.78. The molecule has 0 aliphatic carbocycles. The van der Waals surface area contributed by atoms with Crippen molar-refractivity contribution >= 4 is 0 Å². The molecular formula is C17H19NO2. The Labute approximate surface area is 119 Å². The monoisotopic (exact) mass is 269 g/mol. The van der Waals surface area contributed by atoms with E-state index in [0.717, 1.165) is 24.4 Å². The minimum atomic E-state index is 0.105. The van der Waals surface area contributed by atoms with Crippen LogP contribution < -0.4 is 0 Å². The molecule has 1 N–H and O–H groups in total. The van der Waals surface area contributed by atoms with Crippen molar-refractivity contribution in [2.75, 3.05) is 13.7 Å². The van der Waals surface area contributed by atoms with E-state index in [4.69, 9.17) is 9.52 Å². The van der Waals surface area contributed by atoms with Crippen LogP contribution >= 0.6 is 0 Å². The predicted molar refractivity (Wildman–Crippen MR) is 78.9 cm³/mol. The van der Waals surface area contributed by atoms with Gasteiger partial charge in [-0.2, -0.15) is 0 Å². The van der Waals surface area contributed by atoms with Crippen molar-refractivity contribution in [1.29, 1.82) is 0 Å². The van der Waals surface area contributed by atoms with Crippen LogP contribution in [0.2, 0.25) is 0 Å². The van der Waals surface area contributed by atoms with Crippen LogP contribution in [0.25, 0.3) is 0 Å². The standard InChI is InChI=1S/C17H19NO2/c1-18(14-17-10-6-12-20-17)13-16-9-3-2-7-15(16)8-4-5-11-19/h2-3,6-7,9-10,12,19H,5,11,13-14H2,1H3. The third kappa shape index (κ3) is 4.27. The van der Waals surface area contributed by atoms with Gasteiger partial charge in [0.05, 0.1) is 19.4 Å². The Kier molecular flexibility index (Phi) is 5.43. The lowest BCUT2D eigenvalue weighted by Crippen LogP contribution is -2.17. The van der Waals surface area contributed by atoms with Crippen molar-refractivity contribution in [3.63, 3.8) is 0 Å². The summed E-state index contributed by atoms with van der Waals surface area (Å²) < 4.78 is 5.35. The summed E-state index contributed by atoms with van der Waals surface area (Å²) in [5.41, 5.74) is 2.21. The fourth-order valence-corrected chi connectivity index (χ4v) is 2.01. The average Bonchev–Trinajstić information content (AvgIpc) is 2.93. The summed E-state index contributed by atoms with van der Waals surface area (Å²) >= 11 is 0. The highest BCUT2D eigenvalue weighted by molar-refractivity contribution is 5.41. The first-order valence-electron chi connectivity index (χ1n) is 6.68. The summed E-state index contributed by atoms with van der Waals surface area (Å²) in [4.78, 5) is 2.19. The van der Waals surface area contributed by atoms with Crippen molar-refractivity contribution in [1.82, 2.24) is 4.90 Å². The highest BCUT2D eigenvalue weighted by atomic mass is 16.3. The van der Waals surface area contributed by atoms with Gasteiger partial charge in [0.1, 0.15) is 5.76 Å². The molecule has 0 aliphatic rings. The zero-order valence-corrected chi connectivity index (χ0v) is 11.7. The molecule has 0 amide bonds. The summed E-state index contributed by atoms with van der Waals surface area (Å²) in [6, 6.07) is 12.0. The van der Waals surface area contributed by atoms with Crippen molar-refractivity contribution in [3.05, 3.63) is 59.5 Å². The molecular weight excluding hydrogens is 250 g/mol. The lowest BCUT2D eigenvalue weighted by atomic mass is 10.1. The van der Waals surface area contributed by atoms with E-state index in [1.54, 1.807) is 6.26 Å². The second-order valence-electron chi connectivity index (χ2n) is 4.68. The van der Waals surface area contributed by atoms with E-state index in [0.29, 0.717) is 6.42 Å². The summed E-state index contributed by atoms with van der Waals surface area (Å²) in [6.07, 6.45) is 2.20. The number of hydrogen-bond acceptors (Lipinski definition) is 3. The zero-order valence-electron chi connectivity index (χ0n) is 11.7. The number of aliphatic hydroxyl groups is 1. The first-order valence-corrected chi connectivity index (χ1v) is 6.68. The van der Waals surface area contributed by atoms with Crippen LogP contribution in [-0.4, -0.2) is 23.7 Å². The second-order valence-corrected chi connectivity index (χ2v) is 4.68. The molecule has 2 aromatic rings. The van der Waals surface area contributed by atoms with Gasteiger partial charge in [0.15, 0.2) is 0 Å². The van der Waals surface area contributed by atoms with Gasteiger partial charge >= 0.3 is 0 Å². The van der Waals surface area contributed by atoms with Gasteiger partial charge in [0.2, 0.25) is 0 Å². The van der Waals surface area contributed by atoms with Gasteiger partial charge in [-0.05, 0) is 30.8 Å². The van der Waals surface area contributed by atoms with Crippen LogP contribution in [-0.2, 0) is 13.1 Å². The Morgan fingerprint density at radius 3 is 2.75 bits per heavy atom. The molecule has 0 saturated carbocycles. The maximum Gasteiger partial charge on any atom is 0.117 e. The van der Waals surface area contributed by atoms with E-state index in [9.17, 15) is 0 Å². The van der Waals surface area contributed by atoms with Crippen LogP contribution in [0.4, 0.5) is 0 Å². The van der Waals surface area contributed by atoms with Crippen molar-refractivity contribution in [2.24, 2.45) is 0 Å². The number of rotatable bonds is 5. The lowest BCUT2D eigenvalue weighted by Gasteiger charge is -2.16. The molecule has 1 aromatic carbocycles. The molecule has 0 aliphatic heterocycles. The van der Waals surface area contributed by atoms with Crippen LogP contribution in [0.1, 0.15) is 23.3 Å². The first kappa shape index (κ1) is 14.4. The topological polar surface area (TPSA) is 36.6 Å². The third-order valence-corrected chi connectivity index (χ3v) is 2.92. The van der Waals surface area contributed by atoms with Gasteiger partial charge in [-0.1, -0.05) is 30.0 Å². The Hall–Kier alpha value is -2.02. The number of benzene rings is 1. The fraction of sp³-hybridized carbons (Fsp3) is 0.294. The largest absolute Gasteiger partial charge is 0.468 e. The molecule has 0 atom stereocenters. The highest BCUT2D eigenvalue weighted by Crippen LogP contribution is 2.12. The first-order chi connectivity index (χ1) is 9.79. The average molecular weight is 269 g/mol. The lowest BCUT2D eigenvalue weighted by molar-refractivity contribution is 0.287. The Morgan fingerprint density at radius 1 is 1.15 bits per heavy atom. The molecule has 2 rings (SSSR count). The minimum absolute atomic E-state index is 0.105. The summed E-state index contributed by atoms with van der Waals surface area (Å²) in [6.45, 7) is 1.68. The van der Waals surface area contributed by atoms with E-state index < -0.39 is 0 Å². The van der Waals surface area contributed by atoms with Crippen LogP contribution in [0.15, 0.2) is 47.1 Å². The molecule has 0 unspecified atom stereocenters. The quantitative estimate of drug-likeness (QED) is 0.848. The van der Waals surface area contributed by atoms with E-state index in [1.165, 1.54) is 5.56 Å². The molecule has 1 aromatic heterocycles. The van der Waals surface area contributed by atoms with Gasteiger partial charge < -0.3 is 9.52 Å². The Morgan fingerprint density at radius 2 is 2.00 bits per heavy atom. The van der Waals surface area contributed by atoms with Gasteiger partial charge in [-0.25, -0.2) is 0 Å². The molecule has 3 heteroatoms. The van der Waals surface area contributed by atoms with Gasteiger partial charge in [-0.15, -0.1) is 0 Å². The third-order valence-electron chi connectivity index (χ3n) is 2.92. The molecule has 0 radical (unpaired) electrons. The molecule has 20 heavy (non-hydrogen) atoms. The van der Waals surface area contributed by atoms with Gasteiger partial charge in [0.25, 0.3) is 0 Å². The SMILES string of the molecule is CN(Cc1ccco1)Cc1ccccc1C#CCCO. The van der Waals surface area contributed by atoms with Crippen molar-refractivity contribution in [2.45, 2.75) is 19.5 Å². The minimum Gasteiger partial charge on any atom is -0.468 e. The van der Waals surface area contributed by atoms with Crippen LogP contribution in [0.3, 0.4) is 0 Å². The Balaban J connectivity index is 2.03. The fourth-order valence-electron chi connectivity index (χ4n) is 2.01. The van der Waals surface area contributed by atoms with Gasteiger partial charge in [0, 0.05) is 18.5 Å². The maximum atomic E-state index is 8.78. The molecule has 0 spiro atoms. The van der Waals surface area contributed by atoms with E-state index >= 15 is 0 Å². The van der Waals surface area contributed by atoms with Crippen LogP contribution in [0.5, 0.6) is 0 Å².